The zero-order valence-electron chi connectivity index (χ0n) is 16.8. The van der Waals surface area contributed by atoms with Crippen molar-refractivity contribution >= 4 is 29.9 Å². The monoisotopic (exact) mass is 497 g/mol. The van der Waals surface area contributed by atoms with Crippen LogP contribution in [0.4, 0.5) is 0 Å². The minimum atomic E-state index is 0. The quantitative estimate of drug-likeness (QED) is 0.200. The summed E-state index contributed by atoms with van der Waals surface area (Å²) in [5.41, 5.74) is 2.57. The van der Waals surface area contributed by atoms with E-state index in [4.69, 9.17) is 4.74 Å². The van der Waals surface area contributed by atoms with Crippen molar-refractivity contribution in [3.8, 4) is 11.5 Å². The van der Waals surface area contributed by atoms with Crippen molar-refractivity contribution in [3.63, 3.8) is 0 Å². The molecular formula is C22H32IN3O2. The molecule has 0 aliphatic rings. The molecule has 6 heteroatoms. The second-order valence-corrected chi connectivity index (χ2v) is 6.50. The third-order valence-electron chi connectivity index (χ3n) is 4.44. The van der Waals surface area contributed by atoms with Gasteiger partial charge in [-0.3, -0.25) is 4.99 Å². The number of nitrogens with zero attached hydrogens (tertiary/aromatic N) is 1. The lowest BCUT2D eigenvalue weighted by atomic mass is 10.1. The molecule has 2 aromatic carbocycles. The lowest BCUT2D eigenvalue weighted by Gasteiger charge is -2.12. The fourth-order valence-electron chi connectivity index (χ4n) is 2.84. The number of aromatic hydroxyl groups is 1. The van der Waals surface area contributed by atoms with Gasteiger partial charge in [0.15, 0.2) is 5.96 Å². The molecule has 154 valence electrons. The number of guanidine groups is 1. The Labute approximate surface area is 185 Å². The smallest absolute Gasteiger partial charge is 0.190 e. The molecule has 0 bridgehead atoms. The molecule has 0 aromatic heterocycles. The van der Waals surface area contributed by atoms with Crippen LogP contribution in [-0.4, -0.2) is 38.3 Å². The standard InChI is InChI=1S/C22H31N3O2.HI/c1-23-22(25-17-5-7-19-8-12-20(26)13-9-19)24-16-4-3-6-18-10-14-21(27-2)15-11-18;/h8-15,26H,3-7,16-17H2,1-2H3,(H2,23,24,25);1H. The average molecular weight is 497 g/mol. The van der Waals surface area contributed by atoms with Gasteiger partial charge in [0.05, 0.1) is 7.11 Å². The molecule has 2 aromatic rings. The van der Waals surface area contributed by atoms with Gasteiger partial charge < -0.3 is 20.5 Å². The van der Waals surface area contributed by atoms with Crippen molar-refractivity contribution in [1.29, 1.82) is 0 Å². The van der Waals surface area contributed by atoms with Gasteiger partial charge in [-0.1, -0.05) is 24.3 Å². The normalized spacial score (nSPS) is 10.9. The van der Waals surface area contributed by atoms with Gasteiger partial charge in [0, 0.05) is 20.1 Å². The number of phenols is 1. The van der Waals surface area contributed by atoms with E-state index in [0.717, 1.165) is 56.9 Å². The van der Waals surface area contributed by atoms with Crippen molar-refractivity contribution in [2.24, 2.45) is 4.99 Å². The van der Waals surface area contributed by atoms with E-state index >= 15 is 0 Å². The summed E-state index contributed by atoms with van der Waals surface area (Å²) in [6.07, 6.45) is 5.30. The van der Waals surface area contributed by atoms with Gasteiger partial charge >= 0.3 is 0 Å². The summed E-state index contributed by atoms with van der Waals surface area (Å²) in [6, 6.07) is 15.7. The Balaban J connectivity index is 0.00000392. The third kappa shape index (κ3) is 9.30. The topological polar surface area (TPSA) is 65.9 Å². The first-order valence-electron chi connectivity index (χ1n) is 9.56. The molecule has 28 heavy (non-hydrogen) atoms. The number of phenolic OH excluding ortho intramolecular Hbond substituents is 1. The molecular weight excluding hydrogens is 465 g/mol. The summed E-state index contributed by atoms with van der Waals surface area (Å²) >= 11 is 0. The van der Waals surface area contributed by atoms with Crippen molar-refractivity contribution < 1.29 is 9.84 Å². The first kappa shape index (κ1) is 24.1. The summed E-state index contributed by atoms with van der Waals surface area (Å²) in [5, 5.41) is 16.0. The zero-order chi connectivity index (χ0) is 19.3. The first-order chi connectivity index (χ1) is 13.2. The predicted molar refractivity (Wildman–Crippen MR) is 127 cm³/mol. The molecule has 0 saturated heterocycles. The van der Waals surface area contributed by atoms with Crippen LogP contribution in [0, 0.1) is 0 Å². The van der Waals surface area contributed by atoms with E-state index in [1.165, 1.54) is 11.1 Å². The number of nitrogens with one attached hydrogen (secondary N) is 2. The Morgan fingerprint density at radius 1 is 0.857 bits per heavy atom. The minimum Gasteiger partial charge on any atom is -0.508 e. The largest absolute Gasteiger partial charge is 0.508 e. The fourth-order valence-corrected chi connectivity index (χ4v) is 2.84. The number of hydrogen-bond acceptors (Lipinski definition) is 3. The van der Waals surface area contributed by atoms with E-state index < -0.39 is 0 Å². The second kappa shape index (κ2) is 14.1. The molecule has 0 unspecified atom stereocenters. The molecule has 2 rings (SSSR count). The second-order valence-electron chi connectivity index (χ2n) is 6.50. The van der Waals surface area contributed by atoms with Crippen LogP contribution in [-0.2, 0) is 12.8 Å². The summed E-state index contributed by atoms with van der Waals surface area (Å²) in [7, 11) is 3.49. The molecule has 0 atom stereocenters. The number of aliphatic imine (C=N–C) groups is 1. The SMILES string of the molecule is CN=C(NCCCCc1ccc(OC)cc1)NCCCc1ccc(O)cc1.I. The molecule has 5 nitrogen and oxygen atoms in total. The maximum Gasteiger partial charge on any atom is 0.190 e. The van der Waals surface area contributed by atoms with Crippen LogP contribution in [0.25, 0.3) is 0 Å². The van der Waals surface area contributed by atoms with Crippen LogP contribution in [0.1, 0.15) is 30.4 Å². The highest BCUT2D eigenvalue weighted by molar-refractivity contribution is 14.0. The Morgan fingerprint density at radius 3 is 1.96 bits per heavy atom. The van der Waals surface area contributed by atoms with Crippen molar-refractivity contribution in [2.45, 2.75) is 32.1 Å². The molecule has 0 radical (unpaired) electrons. The highest BCUT2D eigenvalue weighted by Crippen LogP contribution is 2.13. The van der Waals surface area contributed by atoms with E-state index in [9.17, 15) is 5.11 Å². The lowest BCUT2D eigenvalue weighted by Crippen LogP contribution is -2.38. The summed E-state index contributed by atoms with van der Waals surface area (Å²) < 4.78 is 5.18. The maximum atomic E-state index is 9.30. The Bertz CT molecular complexity index is 688. The van der Waals surface area contributed by atoms with Crippen molar-refractivity contribution in [3.05, 3.63) is 59.7 Å². The number of unbranched alkanes of at least 4 members (excludes halogenated alkanes) is 1. The van der Waals surface area contributed by atoms with Crippen LogP contribution in [0.15, 0.2) is 53.5 Å². The number of aryl methyl sites for hydroxylation is 2. The van der Waals surface area contributed by atoms with Crippen LogP contribution in [0.3, 0.4) is 0 Å². The summed E-state index contributed by atoms with van der Waals surface area (Å²) in [5.74, 6) is 2.07. The zero-order valence-corrected chi connectivity index (χ0v) is 19.1. The first-order valence-corrected chi connectivity index (χ1v) is 9.56. The van der Waals surface area contributed by atoms with Crippen molar-refractivity contribution in [2.75, 3.05) is 27.2 Å². The van der Waals surface area contributed by atoms with Crippen LogP contribution < -0.4 is 15.4 Å². The van der Waals surface area contributed by atoms with Gasteiger partial charge in [0.2, 0.25) is 0 Å². The van der Waals surface area contributed by atoms with Gasteiger partial charge in [-0.2, -0.15) is 0 Å². The van der Waals surface area contributed by atoms with Gasteiger partial charge in [-0.25, -0.2) is 0 Å². The van der Waals surface area contributed by atoms with E-state index in [1.807, 2.05) is 24.3 Å². The van der Waals surface area contributed by atoms with E-state index in [2.05, 4.69) is 27.8 Å². The van der Waals surface area contributed by atoms with Gasteiger partial charge in [0.1, 0.15) is 11.5 Å². The van der Waals surface area contributed by atoms with Crippen LogP contribution in [0.2, 0.25) is 0 Å². The Hall–Kier alpha value is -1.96. The molecule has 0 fully saturated rings. The number of benzene rings is 2. The van der Waals surface area contributed by atoms with E-state index in [1.54, 1.807) is 26.3 Å². The van der Waals surface area contributed by atoms with Crippen LogP contribution >= 0.6 is 24.0 Å². The molecule has 3 N–H and O–H groups in total. The Kier molecular flexibility index (Phi) is 12.1. The molecule has 0 amide bonds. The van der Waals surface area contributed by atoms with Gasteiger partial charge in [0.25, 0.3) is 0 Å². The molecule has 0 aliphatic heterocycles. The van der Waals surface area contributed by atoms with Crippen LogP contribution in [0.5, 0.6) is 11.5 Å². The molecule has 0 spiro atoms. The van der Waals surface area contributed by atoms with E-state index in [-0.39, 0.29) is 24.0 Å². The number of halogens is 1. The maximum absolute atomic E-state index is 9.30. The molecule has 0 aliphatic carbocycles. The number of rotatable bonds is 10. The molecule has 0 heterocycles. The number of methoxy groups -OCH3 is 1. The summed E-state index contributed by atoms with van der Waals surface area (Å²) in [6.45, 7) is 1.78. The lowest BCUT2D eigenvalue weighted by molar-refractivity contribution is 0.414. The number of ether oxygens (including phenoxy) is 1. The summed E-state index contributed by atoms with van der Waals surface area (Å²) in [4.78, 5) is 4.27. The minimum absolute atomic E-state index is 0. The van der Waals surface area contributed by atoms with E-state index in [0.29, 0.717) is 5.75 Å². The molecule has 0 saturated carbocycles. The fraction of sp³-hybridized carbons (Fsp3) is 0.409. The number of hydrogen-bond donors (Lipinski definition) is 3. The Morgan fingerprint density at radius 2 is 1.39 bits per heavy atom. The highest BCUT2D eigenvalue weighted by atomic mass is 127. The van der Waals surface area contributed by atoms with Crippen molar-refractivity contribution in [1.82, 2.24) is 10.6 Å². The highest BCUT2D eigenvalue weighted by Gasteiger charge is 1.99. The third-order valence-corrected chi connectivity index (χ3v) is 4.44. The predicted octanol–water partition coefficient (Wildman–Crippen LogP) is 4.14. The average Bonchev–Trinajstić information content (AvgIpc) is 2.71. The van der Waals surface area contributed by atoms with Gasteiger partial charge in [-0.15, -0.1) is 24.0 Å². The van der Waals surface area contributed by atoms with Gasteiger partial charge in [-0.05, 0) is 67.5 Å².